The lowest BCUT2D eigenvalue weighted by Gasteiger charge is -2.23. The van der Waals surface area contributed by atoms with Crippen LogP contribution in [-0.2, 0) is 0 Å². The second-order valence-electron chi connectivity index (χ2n) is 3.55. The number of halogens is 1. The lowest BCUT2D eigenvalue weighted by Crippen LogP contribution is -2.36. The summed E-state index contributed by atoms with van der Waals surface area (Å²) in [5, 5.41) is 4.06. The van der Waals surface area contributed by atoms with Crippen LogP contribution in [0.5, 0.6) is 0 Å². The Hall–Kier alpha value is -0.500. The van der Waals surface area contributed by atoms with Crippen molar-refractivity contribution in [3.05, 3.63) is 11.2 Å². The molecule has 1 unspecified atom stereocenters. The normalized spacial score (nSPS) is 23.2. The number of aliphatic imine (C=N–C) groups is 1. The van der Waals surface area contributed by atoms with Crippen molar-refractivity contribution in [3.8, 4) is 0 Å². The van der Waals surface area contributed by atoms with Crippen LogP contribution in [-0.4, -0.2) is 11.9 Å². The minimum Gasteiger partial charge on any atom is -0.366 e. The third-order valence-electron chi connectivity index (χ3n) is 1.80. The van der Waals surface area contributed by atoms with Crippen LogP contribution < -0.4 is 5.32 Å². The van der Waals surface area contributed by atoms with Crippen molar-refractivity contribution >= 4 is 17.4 Å². The zero-order valence-corrected chi connectivity index (χ0v) is 8.52. The summed E-state index contributed by atoms with van der Waals surface area (Å²) in [5.74, 6) is 1.60. The Morgan fingerprint density at radius 3 is 2.92 bits per heavy atom. The highest BCUT2D eigenvalue weighted by atomic mass is 35.5. The van der Waals surface area contributed by atoms with E-state index in [4.69, 9.17) is 11.6 Å². The third-order valence-corrected chi connectivity index (χ3v) is 2.17. The van der Waals surface area contributed by atoms with Crippen LogP contribution >= 0.6 is 11.6 Å². The molecule has 0 aromatic carbocycles. The molecule has 0 bridgehead atoms. The highest BCUT2D eigenvalue weighted by Gasteiger charge is 2.16. The van der Waals surface area contributed by atoms with Crippen LogP contribution in [0.4, 0.5) is 0 Å². The Kier molecular flexibility index (Phi) is 3.15. The van der Waals surface area contributed by atoms with E-state index in [1.54, 1.807) is 6.20 Å². The van der Waals surface area contributed by atoms with Gasteiger partial charge in [-0.2, -0.15) is 0 Å². The summed E-state index contributed by atoms with van der Waals surface area (Å²) >= 11 is 5.98. The second-order valence-corrected chi connectivity index (χ2v) is 3.99. The van der Waals surface area contributed by atoms with Crippen LogP contribution in [0.15, 0.2) is 16.2 Å². The first-order chi connectivity index (χ1) is 5.59. The van der Waals surface area contributed by atoms with Crippen LogP contribution in [0.1, 0.15) is 27.2 Å². The van der Waals surface area contributed by atoms with Gasteiger partial charge in [-0.15, -0.1) is 0 Å². The summed E-state index contributed by atoms with van der Waals surface area (Å²) in [6.07, 6.45) is 2.79. The first kappa shape index (κ1) is 9.59. The minimum absolute atomic E-state index is 0.268. The molecule has 1 aliphatic rings. The summed E-state index contributed by atoms with van der Waals surface area (Å²) in [5.41, 5.74) is 0. The molecule has 0 radical (unpaired) electrons. The first-order valence-corrected chi connectivity index (χ1v) is 4.64. The molecular weight excluding hydrogens is 172 g/mol. The van der Waals surface area contributed by atoms with Crippen molar-refractivity contribution in [3.63, 3.8) is 0 Å². The molecule has 1 atom stereocenters. The van der Waals surface area contributed by atoms with E-state index >= 15 is 0 Å². The van der Waals surface area contributed by atoms with E-state index in [0.717, 1.165) is 17.3 Å². The molecule has 0 aromatic rings. The standard InChI is InChI=1S/C9H15ClN2/c1-6(2)4-9-8(10)5-11-7(3)12-9/h5-6,9H,4H2,1-3H3,(H,11,12). The van der Waals surface area contributed by atoms with Crippen molar-refractivity contribution < 1.29 is 0 Å². The van der Waals surface area contributed by atoms with Crippen molar-refractivity contribution in [1.82, 2.24) is 5.32 Å². The molecule has 2 nitrogen and oxygen atoms in total. The van der Waals surface area contributed by atoms with Gasteiger partial charge in [0.05, 0.1) is 16.9 Å². The molecule has 12 heavy (non-hydrogen) atoms. The van der Waals surface area contributed by atoms with Crippen LogP contribution in [0.3, 0.4) is 0 Å². The van der Waals surface area contributed by atoms with E-state index in [1.165, 1.54) is 0 Å². The molecule has 0 saturated carbocycles. The molecular formula is C9H15ClN2. The fourth-order valence-corrected chi connectivity index (χ4v) is 1.44. The Bertz CT molecular complexity index is 219. The number of nitrogens with zero attached hydrogens (tertiary/aromatic N) is 1. The molecule has 0 aromatic heterocycles. The number of nitrogens with one attached hydrogen (secondary N) is 1. The molecule has 1 rings (SSSR count). The van der Waals surface area contributed by atoms with Crippen molar-refractivity contribution in [2.75, 3.05) is 0 Å². The topological polar surface area (TPSA) is 24.4 Å². The average Bonchev–Trinajstić information content (AvgIpc) is 1.96. The van der Waals surface area contributed by atoms with Gasteiger partial charge < -0.3 is 5.32 Å². The quantitative estimate of drug-likeness (QED) is 0.704. The van der Waals surface area contributed by atoms with E-state index in [9.17, 15) is 0 Å². The van der Waals surface area contributed by atoms with E-state index in [2.05, 4.69) is 24.2 Å². The zero-order chi connectivity index (χ0) is 9.14. The highest BCUT2D eigenvalue weighted by molar-refractivity contribution is 6.30. The van der Waals surface area contributed by atoms with Gasteiger partial charge in [0.2, 0.25) is 0 Å². The van der Waals surface area contributed by atoms with Gasteiger partial charge >= 0.3 is 0 Å². The van der Waals surface area contributed by atoms with Gasteiger partial charge in [0.1, 0.15) is 0 Å². The number of rotatable bonds is 2. The Morgan fingerprint density at radius 2 is 2.33 bits per heavy atom. The summed E-state index contributed by atoms with van der Waals surface area (Å²) in [4.78, 5) is 4.08. The number of amidine groups is 1. The van der Waals surface area contributed by atoms with Crippen molar-refractivity contribution in [1.29, 1.82) is 0 Å². The van der Waals surface area contributed by atoms with E-state index in [0.29, 0.717) is 5.92 Å². The van der Waals surface area contributed by atoms with Gasteiger partial charge in [-0.25, -0.2) is 4.99 Å². The van der Waals surface area contributed by atoms with Gasteiger partial charge in [0.25, 0.3) is 0 Å². The maximum Gasteiger partial charge on any atom is 0.0989 e. The zero-order valence-electron chi connectivity index (χ0n) is 7.76. The Morgan fingerprint density at radius 1 is 1.67 bits per heavy atom. The molecule has 3 heteroatoms. The molecule has 1 N–H and O–H groups in total. The maximum atomic E-state index is 5.98. The largest absolute Gasteiger partial charge is 0.366 e. The van der Waals surface area contributed by atoms with E-state index in [1.807, 2.05) is 6.92 Å². The molecule has 1 aliphatic heterocycles. The Labute approximate surface area is 78.7 Å². The lowest BCUT2D eigenvalue weighted by molar-refractivity contribution is 0.511. The van der Waals surface area contributed by atoms with Gasteiger partial charge in [0, 0.05) is 6.20 Å². The van der Waals surface area contributed by atoms with Gasteiger partial charge in [-0.1, -0.05) is 25.4 Å². The van der Waals surface area contributed by atoms with Crippen LogP contribution in [0.2, 0.25) is 0 Å². The van der Waals surface area contributed by atoms with E-state index < -0.39 is 0 Å². The van der Waals surface area contributed by atoms with E-state index in [-0.39, 0.29) is 6.04 Å². The second kappa shape index (κ2) is 3.94. The molecule has 0 saturated heterocycles. The minimum atomic E-state index is 0.268. The number of hydrogen-bond acceptors (Lipinski definition) is 2. The molecule has 0 amide bonds. The molecule has 0 fully saturated rings. The number of hydrogen-bond donors (Lipinski definition) is 1. The highest BCUT2D eigenvalue weighted by Crippen LogP contribution is 2.18. The van der Waals surface area contributed by atoms with Crippen molar-refractivity contribution in [2.24, 2.45) is 10.9 Å². The molecule has 0 spiro atoms. The summed E-state index contributed by atoms with van der Waals surface area (Å²) in [6.45, 7) is 6.33. The SMILES string of the molecule is CC1=NC=C(Cl)C(CC(C)C)N1. The summed E-state index contributed by atoms with van der Waals surface area (Å²) in [7, 11) is 0. The maximum absolute atomic E-state index is 5.98. The molecule has 1 heterocycles. The van der Waals surface area contributed by atoms with Gasteiger partial charge in [-0.3, -0.25) is 0 Å². The van der Waals surface area contributed by atoms with Crippen molar-refractivity contribution in [2.45, 2.75) is 33.2 Å². The molecule has 0 aliphatic carbocycles. The smallest absolute Gasteiger partial charge is 0.0989 e. The molecule has 68 valence electrons. The van der Waals surface area contributed by atoms with Crippen LogP contribution in [0.25, 0.3) is 0 Å². The Balaban J connectivity index is 2.58. The third kappa shape index (κ3) is 2.52. The van der Waals surface area contributed by atoms with Gasteiger partial charge in [0.15, 0.2) is 0 Å². The average molecular weight is 187 g/mol. The fourth-order valence-electron chi connectivity index (χ4n) is 1.25. The lowest BCUT2D eigenvalue weighted by atomic mass is 10.0. The predicted molar refractivity (Wildman–Crippen MR) is 53.4 cm³/mol. The fraction of sp³-hybridized carbons (Fsp3) is 0.667. The van der Waals surface area contributed by atoms with Crippen LogP contribution in [0, 0.1) is 5.92 Å². The monoisotopic (exact) mass is 186 g/mol. The predicted octanol–water partition coefficient (Wildman–Crippen LogP) is 2.50. The summed E-state index contributed by atoms with van der Waals surface area (Å²) < 4.78 is 0. The summed E-state index contributed by atoms with van der Waals surface area (Å²) in [6, 6.07) is 0.268. The van der Waals surface area contributed by atoms with Gasteiger partial charge in [-0.05, 0) is 19.3 Å². The first-order valence-electron chi connectivity index (χ1n) is 4.26.